The number of ketones is 1. The zero-order valence-corrected chi connectivity index (χ0v) is 16.1. The number of fused-ring (bicyclic) bond motifs is 2. The van der Waals surface area contributed by atoms with Crippen LogP contribution in [0.2, 0.25) is 0 Å². The van der Waals surface area contributed by atoms with Gasteiger partial charge in [0, 0.05) is 17.8 Å². The molecule has 2 aromatic rings. The van der Waals surface area contributed by atoms with Crippen LogP contribution < -0.4 is 10.2 Å². The molecule has 1 unspecified atom stereocenters. The number of rotatable bonds is 4. The van der Waals surface area contributed by atoms with Crippen molar-refractivity contribution >= 4 is 34.9 Å². The van der Waals surface area contributed by atoms with Crippen molar-refractivity contribution in [2.24, 2.45) is 0 Å². The van der Waals surface area contributed by atoms with Gasteiger partial charge in [-0.1, -0.05) is 12.1 Å². The van der Waals surface area contributed by atoms with E-state index in [9.17, 15) is 19.2 Å². The van der Waals surface area contributed by atoms with Gasteiger partial charge in [-0.2, -0.15) is 0 Å². The summed E-state index contributed by atoms with van der Waals surface area (Å²) in [5.74, 6) is -0.829. The Balaban J connectivity index is 1.58. The minimum absolute atomic E-state index is 0.0552. The molecule has 2 aliphatic heterocycles. The molecule has 1 N–H and O–H groups in total. The molecule has 0 bridgehead atoms. The van der Waals surface area contributed by atoms with Gasteiger partial charge in [0.15, 0.2) is 5.78 Å². The maximum absolute atomic E-state index is 13.2. The first-order valence-corrected chi connectivity index (χ1v) is 9.58. The first kappa shape index (κ1) is 18.9. The second-order valence-corrected chi connectivity index (χ2v) is 7.28. The molecule has 29 heavy (non-hydrogen) atoms. The predicted molar refractivity (Wildman–Crippen MR) is 108 cm³/mol. The number of anilines is 2. The fourth-order valence-corrected chi connectivity index (χ4v) is 3.91. The van der Waals surface area contributed by atoms with Gasteiger partial charge < -0.3 is 15.1 Å². The smallest absolute Gasteiger partial charge is 0.256 e. The lowest BCUT2D eigenvalue weighted by Gasteiger charge is -2.25. The number of para-hydroxylation sites is 1. The molecule has 2 aliphatic rings. The monoisotopic (exact) mass is 391 g/mol. The van der Waals surface area contributed by atoms with Gasteiger partial charge in [-0.3, -0.25) is 19.2 Å². The third kappa shape index (κ3) is 3.51. The number of amides is 3. The molecule has 3 amide bonds. The molecule has 2 heterocycles. The first-order valence-electron chi connectivity index (χ1n) is 9.58. The van der Waals surface area contributed by atoms with E-state index in [0.717, 1.165) is 6.42 Å². The molecule has 1 fully saturated rings. The maximum atomic E-state index is 13.2. The fraction of sp³-hybridized carbons (Fsp3) is 0.273. The van der Waals surface area contributed by atoms with Crippen molar-refractivity contribution in [3.8, 4) is 0 Å². The lowest BCUT2D eigenvalue weighted by molar-refractivity contribution is -0.124. The van der Waals surface area contributed by atoms with Crippen LogP contribution in [0.25, 0.3) is 0 Å². The number of hydrogen-bond acceptors (Lipinski definition) is 4. The summed E-state index contributed by atoms with van der Waals surface area (Å²) in [7, 11) is 0. The van der Waals surface area contributed by atoms with Crippen molar-refractivity contribution in [2.75, 3.05) is 23.3 Å². The molecular weight excluding hydrogens is 370 g/mol. The second-order valence-electron chi connectivity index (χ2n) is 7.28. The molecule has 7 heteroatoms. The number of carbonyl (C=O) groups is 4. The van der Waals surface area contributed by atoms with E-state index in [2.05, 4.69) is 5.32 Å². The Morgan fingerprint density at radius 2 is 1.79 bits per heavy atom. The summed E-state index contributed by atoms with van der Waals surface area (Å²) >= 11 is 0. The van der Waals surface area contributed by atoms with E-state index >= 15 is 0 Å². The number of hydrogen-bond donors (Lipinski definition) is 1. The zero-order valence-electron chi connectivity index (χ0n) is 16.1. The second kappa shape index (κ2) is 7.50. The van der Waals surface area contributed by atoms with Gasteiger partial charge in [0.1, 0.15) is 12.6 Å². The Bertz CT molecular complexity index is 999. The molecule has 0 spiro atoms. The van der Waals surface area contributed by atoms with Gasteiger partial charge in [0.2, 0.25) is 11.8 Å². The third-order valence-electron chi connectivity index (χ3n) is 5.37. The minimum Gasteiger partial charge on any atom is -0.327 e. The van der Waals surface area contributed by atoms with Crippen LogP contribution in [0.15, 0.2) is 48.5 Å². The van der Waals surface area contributed by atoms with Gasteiger partial charge in [-0.15, -0.1) is 0 Å². The van der Waals surface area contributed by atoms with Crippen LogP contribution in [0.5, 0.6) is 0 Å². The van der Waals surface area contributed by atoms with E-state index in [-0.39, 0.29) is 30.0 Å². The van der Waals surface area contributed by atoms with Crippen LogP contribution in [-0.2, 0) is 9.59 Å². The third-order valence-corrected chi connectivity index (χ3v) is 5.37. The van der Waals surface area contributed by atoms with Crippen LogP contribution in [0, 0.1) is 0 Å². The van der Waals surface area contributed by atoms with Crippen LogP contribution in [0.4, 0.5) is 11.4 Å². The highest BCUT2D eigenvalue weighted by Gasteiger charge is 2.42. The lowest BCUT2D eigenvalue weighted by atomic mass is 10.1. The largest absolute Gasteiger partial charge is 0.327 e. The zero-order chi connectivity index (χ0) is 20.5. The first-order chi connectivity index (χ1) is 14.0. The maximum Gasteiger partial charge on any atom is 0.256 e. The molecule has 0 radical (unpaired) electrons. The van der Waals surface area contributed by atoms with Crippen LogP contribution in [0.3, 0.4) is 0 Å². The molecule has 1 saturated heterocycles. The Hall–Kier alpha value is -3.48. The highest BCUT2D eigenvalue weighted by molar-refractivity contribution is 6.13. The minimum atomic E-state index is -0.530. The number of benzene rings is 2. The van der Waals surface area contributed by atoms with Gasteiger partial charge in [0.05, 0.1) is 11.3 Å². The molecule has 0 saturated carbocycles. The predicted octanol–water partition coefficient (Wildman–Crippen LogP) is 2.48. The van der Waals surface area contributed by atoms with E-state index in [1.54, 1.807) is 53.4 Å². The summed E-state index contributed by atoms with van der Waals surface area (Å²) in [4.78, 5) is 53.1. The highest BCUT2D eigenvalue weighted by Crippen LogP contribution is 2.32. The van der Waals surface area contributed by atoms with Crippen LogP contribution in [0.1, 0.15) is 40.5 Å². The molecule has 0 aliphatic carbocycles. The topological polar surface area (TPSA) is 86.8 Å². The lowest BCUT2D eigenvalue weighted by Crippen LogP contribution is -2.47. The fourth-order valence-electron chi connectivity index (χ4n) is 3.91. The average Bonchev–Trinajstić information content (AvgIpc) is 3.19. The Labute approximate surface area is 168 Å². The standard InChI is InChI=1S/C22H21N3O4/c1-14(26)15-8-10-16(11-9-15)23-20(27)13-25-18-6-3-2-5-17(18)21(28)24-12-4-7-19(24)22(25)29/h2-3,5-6,8-11,19H,4,7,12-13H2,1H3,(H,23,27). The summed E-state index contributed by atoms with van der Waals surface area (Å²) in [6.07, 6.45) is 1.37. The van der Waals surface area contributed by atoms with E-state index in [0.29, 0.717) is 35.5 Å². The molecule has 148 valence electrons. The normalized spacial score (nSPS) is 18.2. The Kier molecular flexibility index (Phi) is 4.88. The van der Waals surface area contributed by atoms with E-state index in [1.165, 1.54) is 11.8 Å². The van der Waals surface area contributed by atoms with Crippen molar-refractivity contribution in [2.45, 2.75) is 25.8 Å². The van der Waals surface area contributed by atoms with Crippen LogP contribution >= 0.6 is 0 Å². The Morgan fingerprint density at radius 1 is 1.07 bits per heavy atom. The van der Waals surface area contributed by atoms with E-state index < -0.39 is 6.04 Å². The molecule has 0 aromatic heterocycles. The average molecular weight is 391 g/mol. The summed E-state index contributed by atoms with van der Waals surface area (Å²) in [5, 5.41) is 2.76. The van der Waals surface area contributed by atoms with Crippen molar-refractivity contribution < 1.29 is 19.2 Å². The van der Waals surface area contributed by atoms with Gasteiger partial charge >= 0.3 is 0 Å². The molecule has 4 rings (SSSR count). The van der Waals surface area contributed by atoms with E-state index in [4.69, 9.17) is 0 Å². The van der Waals surface area contributed by atoms with Crippen molar-refractivity contribution in [3.63, 3.8) is 0 Å². The Morgan fingerprint density at radius 3 is 2.52 bits per heavy atom. The summed E-state index contributed by atoms with van der Waals surface area (Å²) in [5.41, 5.74) is 1.98. The number of carbonyl (C=O) groups excluding carboxylic acids is 4. The summed E-state index contributed by atoms with van der Waals surface area (Å²) < 4.78 is 0. The number of Topliss-reactive ketones (excluding diaryl/α,β-unsaturated/α-hetero) is 1. The molecular formula is C22H21N3O4. The van der Waals surface area contributed by atoms with Gasteiger partial charge in [-0.25, -0.2) is 0 Å². The van der Waals surface area contributed by atoms with Crippen molar-refractivity contribution in [1.82, 2.24) is 4.90 Å². The van der Waals surface area contributed by atoms with E-state index in [1.807, 2.05) is 0 Å². The molecule has 1 atom stereocenters. The SMILES string of the molecule is CC(=O)c1ccc(NC(=O)CN2C(=O)C3CCCN3C(=O)c3ccccc32)cc1. The van der Waals surface area contributed by atoms with Crippen molar-refractivity contribution in [3.05, 3.63) is 59.7 Å². The van der Waals surface area contributed by atoms with Crippen molar-refractivity contribution in [1.29, 1.82) is 0 Å². The van der Waals surface area contributed by atoms with Gasteiger partial charge in [-0.05, 0) is 56.2 Å². The molecule has 7 nitrogen and oxygen atoms in total. The molecule has 2 aromatic carbocycles. The quantitative estimate of drug-likeness (QED) is 0.812. The summed E-state index contributed by atoms with van der Waals surface area (Å²) in [6, 6.07) is 12.9. The van der Waals surface area contributed by atoms with Gasteiger partial charge in [0.25, 0.3) is 5.91 Å². The number of nitrogens with one attached hydrogen (secondary N) is 1. The summed E-state index contributed by atoms with van der Waals surface area (Å²) in [6.45, 7) is 1.83. The highest BCUT2D eigenvalue weighted by atomic mass is 16.2. The number of nitrogens with zero attached hydrogens (tertiary/aromatic N) is 2. The van der Waals surface area contributed by atoms with Crippen LogP contribution in [-0.4, -0.2) is 47.5 Å².